The van der Waals surface area contributed by atoms with Crippen LogP contribution in [0.1, 0.15) is 15.9 Å². The lowest BCUT2D eigenvalue weighted by Crippen LogP contribution is -2.15. The molecule has 20 heavy (non-hydrogen) atoms. The Kier molecular flexibility index (Phi) is 4.01. The average Bonchev–Trinajstić information content (AvgIpc) is 2.46. The number of benzene rings is 1. The van der Waals surface area contributed by atoms with Crippen molar-refractivity contribution in [1.82, 2.24) is 4.98 Å². The molecule has 0 unspecified atom stereocenters. The summed E-state index contributed by atoms with van der Waals surface area (Å²) >= 11 is 3.21. The zero-order valence-electron chi connectivity index (χ0n) is 10.5. The van der Waals surface area contributed by atoms with E-state index in [1.54, 1.807) is 42.4 Å². The van der Waals surface area contributed by atoms with E-state index in [4.69, 9.17) is 5.26 Å². The smallest absolute Gasteiger partial charge is 0.339 e. The van der Waals surface area contributed by atoms with E-state index in [2.05, 4.69) is 20.9 Å². The van der Waals surface area contributed by atoms with Crippen LogP contribution in [0.5, 0.6) is 0 Å². The minimum atomic E-state index is -1.05. The van der Waals surface area contributed by atoms with Gasteiger partial charge in [-0.1, -0.05) is 0 Å². The van der Waals surface area contributed by atoms with Gasteiger partial charge >= 0.3 is 5.97 Å². The lowest BCUT2D eigenvalue weighted by molar-refractivity contribution is 0.0697. The first-order valence-corrected chi connectivity index (χ1v) is 6.45. The second-order valence-electron chi connectivity index (χ2n) is 4.05. The number of halogens is 1. The van der Waals surface area contributed by atoms with Gasteiger partial charge in [-0.2, -0.15) is 5.26 Å². The number of rotatable bonds is 3. The molecule has 0 aliphatic heterocycles. The summed E-state index contributed by atoms with van der Waals surface area (Å²) in [5.41, 5.74) is 1.40. The molecule has 0 aliphatic carbocycles. The molecule has 0 radical (unpaired) electrons. The highest BCUT2D eigenvalue weighted by Crippen LogP contribution is 2.27. The Morgan fingerprint density at radius 3 is 2.60 bits per heavy atom. The van der Waals surface area contributed by atoms with Crippen LogP contribution < -0.4 is 4.90 Å². The lowest BCUT2D eigenvalue weighted by Gasteiger charge is -2.20. The van der Waals surface area contributed by atoms with Gasteiger partial charge in [0.15, 0.2) is 0 Å². The predicted molar refractivity (Wildman–Crippen MR) is 78.1 cm³/mol. The molecule has 0 atom stereocenters. The highest BCUT2D eigenvalue weighted by molar-refractivity contribution is 9.10. The van der Waals surface area contributed by atoms with Crippen LogP contribution in [-0.4, -0.2) is 23.1 Å². The van der Waals surface area contributed by atoms with Gasteiger partial charge < -0.3 is 10.0 Å². The third-order valence-electron chi connectivity index (χ3n) is 2.77. The molecule has 5 nitrogen and oxygen atoms in total. The summed E-state index contributed by atoms with van der Waals surface area (Å²) in [6.07, 6.45) is 1.54. The molecule has 0 fully saturated rings. The van der Waals surface area contributed by atoms with Crippen LogP contribution >= 0.6 is 15.9 Å². The van der Waals surface area contributed by atoms with E-state index in [-0.39, 0.29) is 5.56 Å². The van der Waals surface area contributed by atoms with Gasteiger partial charge in [0.25, 0.3) is 0 Å². The summed E-state index contributed by atoms with van der Waals surface area (Å²) in [4.78, 5) is 17.1. The van der Waals surface area contributed by atoms with Crippen molar-refractivity contribution >= 4 is 33.4 Å². The van der Waals surface area contributed by atoms with Gasteiger partial charge in [-0.3, -0.25) is 0 Å². The number of carboxylic acid groups (broad SMARTS) is 1. The van der Waals surface area contributed by atoms with Crippen LogP contribution in [0.15, 0.2) is 41.0 Å². The van der Waals surface area contributed by atoms with Crippen molar-refractivity contribution in [2.75, 3.05) is 11.9 Å². The van der Waals surface area contributed by atoms with Gasteiger partial charge in [-0.25, -0.2) is 9.78 Å². The number of aromatic nitrogens is 1. The van der Waals surface area contributed by atoms with Gasteiger partial charge in [-0.05, 0) is 46.3 Å². The first-order valence-electron chi connectivity index (χ1n) is 5.65. The Labute approximate surface area is 124 Å². The molecule has 6 heteroatoms. The van der Waals surface area contributed by atoms with E-state index in [1.807, 2.05) is 6.07 Å². The van der Waals surface area contributed by atoms with Crippen molar-refractivity contribution in [3.05, 3.63) is 52.1 Å². The molecule has 100 valence electrons. The van der Waals surface area contributed by atoms with Crippen LogP contribution in [0.4, 0.5) is 11.5 Å². The normalized spacial score (nSPS) is 9.85. The highest BCUT2D eigenvalue weighted by atomic mass is 79.9. The molecular formula is C14H10BrN3O2. The molecule has 0 saturated heterocycles. The van der Waals surface area contributed by atoms with Gasteiger partial charge in [0.1, 0.15) is 11.4 Å². The molecular weight excluding hydrogens is 322 g/mol. The summed E-state index contributed by atoms with van der Waals surface area (Å²) in [5, 5.41) is 18.0. The van der Waals surface area contributed by atoms with Crippen molar-refractivity contribution < 1.29 is 9.90 Å². The fourth-order valence-corrected chi connectivity index (χ4v) is 2.07. The van der Waals surface area contributed by atoms with E-state index >= 15 is 0 Å². The number of pyridine rings is 1. The topological polar surface area (TPSA) is 77.2 Å². The van der Waals surface area contributed by atoms with Gasteiger partial charge in [0.2, 0.25) is 0 Å². The first kappa shape index (κ1) is 14.0. The molecule has 2 aromatic rings. The molecule has 1 N–H and O–H groups in total. The molecule has 0 bridgehead atoms. The quantitative estimate of drug-likeness (QED) is 0.934. The number of nitrogens with zero attached hydrogens (tertiary/aromatic N) is 3. The van der Waals surface area contributed by atoms with Crippen molar-refractivity contribution in [2.45, 2.75) is 0 Å². The summed E-state index contributed by atoms with van der Waals surface area (Å²) in [6, 6.07) is 10.4. The predicted octanol–water partition coefficient (Wildman–Crippen LogP) is 3.18. The first-order chi connectivity index (χ1) is 9.52. The van der Waals surface area contributed by atoms with Crippen LogP contribution in [0.2, 0.25) is 0 Å². The molecule has 1 heterocycles. The molecule has 0 aliphatic rings. The summed E-state index contributed by atoms with van der Waals surface area (Å²) in [5.74, 6) is -0.709. The number of carbonyl (C=O) groups is 1. The van der Waals surface area contributed by atoms with Crippen LogP contribution in [0.25, 0.3) is 0 Å². The second-order valence-corrected chi connectivity index (χ2v) is 4.96. The van der Waals surface area contributed by atoms with Crippen molar-refractivity contribution in [3.63, 3.8) is 0 Å². The number of hydrogen-bond donors (Lipinski definition) is 1. The van der Waals surface area contributed by atoms with Crippen molar-refractivity contribution in [2.24, 2.45) is 0 Å². The van der Waals surface area contributed by atoms with Gasteiger partial charge in [-0.15, -0.1) is 0 Å². The minimum Gasteiger partial charge on any atom is -0.478 e. The highest BCUT2D eigenvalue weighted by Gasteiger charge is 2.16. The molecule has 2 rings (SSSR count). The maximum Gasteiger partial charge on any atom is 0.339 e. The summed E-state index contributed by atoms with van der Waals surface area (Å²) in [7, 11) is 1.73. The third kappa shape index (κ3) is 2.78. The number of hydrogen-bond acceptors (Lipinski definition) is 4. The van der Waals surface area contributed by atoms with Crippen molar-refractivity contribution in [1.29, 1.82) is 5.26 Å². The standard InChI is InChI=1S/C14H10BrN3O2/c1-18(11-4-2-9(7-16)3-5-11)13-12(14(19)20)6-10(15)8-17-13/h2-6,8H,1H3,(H,19,20). The fourth-order valence-electron chi connectivity index (χ4n) is 1.74. The Morgan fingerprint density at radius 2 is 2.05 bits per heavy atom. The number of carboxylic acids is 1. The Balaban J connectivity index is 2.44. The summed E-state index contributed by atoms with van der Waals surface area (Å²) in [6.45, 7) is 0. The molecule has 0 spiro atoms. The number of nitriles is 1. The van der Waals surface area contributed by atoms with E-state index in [0.29, 0.717) is 15.9 Å². The Hall–Kier alpha value is -2.39. The second kappa shape index (κ2) is 5.72. The molecule has 0 saturated carbocycles. The van der Waals surface area contributed by atoms with E-state index in [1.165, 1.54) is 6.07 Å². The third-order valence-corrected chi connectivity index (χ3v) is 3.20. The molecule has 1 aromatic carbocycles. The lowest BCUT2D eigenvalue weighted by atomic mass is 10.2. The number of aromatic carboxylic acids is 1. The fraction of sp³-hybridized carbons (Fsp3) is 0.0714. The van der Waals surface area contributed by atoms with E-state index < -0.39 is 5.97 Å². The van der Waals surface area contributed by atoms with Crippen LogP contribution in [-0.2, 0) is 0 Å². The average molecular weight is 332 g/mol. The molecule has 1 aromatic heterocycles. The van der Waals surface area contributed by atoms with E-state index in [0.717, 1.165) is 5.69 Å². The summed E-state index contributed by atoms with van der Waals surface area (Å²) < 4.78 is 0.604. The Bertz CT molecular complexity index is 693. The van der Waals surface area contributed by atoms with E-state index in [9.17, 15) is 9.90 Å². The zero-order chi connectivity index (χ0) is 14.7. The van der Waals surface area contributed by atoms with Crippen LogP contribution in [0.3, 0.4) is 0 Å². The minimum absolute atomic E-state index is 0.103. The van der Waals surface area contributed by atoms with Crippen LogP contribution in [0, 0.1) is 11.3 Å². The zero-order valence-corrected chi connectivity index (χ0v) is 12.1. The van der Waals surface area contributed by atoms with Gasteiger partial charge in [0, 0.05) is 23.4 Å². The molecule has 0 amide bonds. The largest absolute Gasteiger partial charge is 0.478 e. The number of anilines is 2. The van der Waals surface area contributed by atoms with Crippen molar-refractivity contribution in [3.8, 4) is 6.07 Å². The SMILES string of the molecule is CN(c1ccc(C#N)cc1)c1ncc(Br)cc1C(=O)O. The Morgan fingerprint density at radius 1 is 1.40 bits per heavy atom. The maximum atomic E-state index is 11.3. The maximum absolute atomic E-state index is 11.3. The van der Waals surface area contributed by atoms with Gasteiger partial charge in [0.05, 0.1) is 11.6 Å². The monoisotopic (exact) mass is 331 g/mol.